The summed E-state index contributed by atoms with van der Waals surface area (Å²) in [6.07, 6.45) is -4.26. The first-order chi connectivity index (χ1) is 7.90. The molecule has 1 aromatic rings. The lowest BCUT2D eigenvalue weighted by molar-refractivity contribution is -0.144. The third kappa shape index (κ3) is 3.05. The lowest BCUT2D eigenvalue weighted by Crippen LogP contribution is -2.16. The van der Waals surface area contributed by atoms with E-state index in [1.54, 1.807) is 0 Å². The van der Waals surface area contributed by atoms with Gasteiger partial charge in [-0.3, -0.25) is 4.79 Å². The number of rotatable bonds is 3. The zero-order valence-electron chi connectivity index (χ0n) is 8.82. The second kappa shape index (κ2) is 4.99. The highest BCUT2D eigenvalue weighted by molar-refractivity contribution is 5.94. The van der Waals surface area contributed by atoms with Crippen molar-refractivity contribution in [1.82, 2.24) is 0 Å². The largest absolute Gasteiger partial charge is 0.468 e. The Hall–Kier alpha value is -1.85. The molecule has 0 aliphatic carbocycles. The highest BCUT2D eigenvalue weighted by Crippen LogP contribution is 2.31. The third-order valence-electron chi connectivity index (χ3n) is 2.16. The molecule has 0 unspecified atom stereocenters. The van der Waals surface area contributed by atoms with Gasteiger partial charge in [0, 0.05) is 0 Å². The second-order valence-electron chi connectivity index (χ2n) is 3.26. The molecule has 0 amide bonds. The Morgan fingerprint density at radius 3 is 2.53 bits per heavy atom. The minimum absolute atomic E-state index is 0.0401. The number of hydrogen-bond acceptors (Lipinski definition) is 3. The van der Waals surface area contributed by atoms with E-state index in [-0.39, 0.29) is 11.8 Å². The normalized spacial score (nSPS) is 12.9. The van der Waals surface area contributed by atoms with Crippen LogP contribution in [0.5, 0.6) is 0 Å². The predicted octanol–water partition coefficient (Wildman–Crippen LogP) is 2.16. The number of halogens is 3. The molecule has 0 heterocycles. The summed E-state index contributed by atoms with van der Waals surface area (Å²) in [7, 11) is 1.06. The number of benzene rings is 1. The van der Waals surface area contributed by atoms with Gasteiger partial charge in [0.05, 0.1) is 12.7 Å². The van der Waals surface area contributed by atoms with Crippen molar-refractivity contribution in [2.75, 3.05) is 7.11 Å². The molecular weight excluding hydrogens is 237 g/mol. The maximum absolute atomic E-state index is 12.4. The van der Waals surface area contributed by atoms with Crippen LogP contribution >= 0.6 is 0 Å². The van der Waals surface area contributed by atoms with Gasteiger partial charge in [0.2, 0.25) is 0 Å². The summed E-state index contributed by atoms with van der Waals surface area (Å²) in [4.78, 5) is 21.9. The molecule has 0 fully saturated rings. The molecule has 1 rings (SSSR count). The van der Waals surface area contributed by atoms with Crippen LogP contribution in [0.1, 0.15) is 17.0 Å². The van der Waals surface area contributed by atoms with Gasteiger partial charge in [-0.2, -0.15) is 13.2 Å². The lowest BCUT2D eigenvalue weighted by atomic mass is 9.98. The van der Waals surface area contributed by atoms with Crippen molar-refractivity contribution in [3.05, 3.63) is 35.4 Å². The Bertz CT molecular complexity index is 426. The van der Waals surface area contributed by atoms with Crippen molar-refractivity contribution in [1.29, 1.82) is 0 Å². The van der Waals surface area contributed by atoms with Gasteiger partial charge < -0.3 is 9.53 Å². The van der Waals surface area contributed by atoms with Crippen LogP contribution < -0.4 is 0 Å². The number of ether oxygens (including phenoxy) is 1. The first kappa shape index (κ1) is 13.2. The lowest BCUT2D eigenvalue weighted by Gasteiger charge is -2.11. The van der Waals surface area contributed by atoms with E-state index in [4.69, 9.17) is 0 Å². The van der Waals surface area contributed by atoms with Crippen LogP contribution in [0.15, 0.2) is 24.3 Å². The fourth-order valence-electron chi connectivity index (χ4n) is 1.31. The van der Waals surface area contributed by atoms with E-state index < -0.39 is 23.6 Å². The summed E-state index contributed by atoms with van der Waals surface area (Å²) in [5.41, 5.74) is -0.951. The Kier molecular flexibility index (Phi) is 3.88. The van der Waals surface area contributed by atoms with E-state index in [0.29, 0.717) is 0 Å². The smallest absolute Gasteiger partial charge is 0.416 e. The molecule has 1 aromatic carbocycles. The molecule has 17 heavy (non-hydrogen) atoms. The summed E-state index contributed by atoms with van der Waals surface area (Å²) < 4.78 is 41.6. The van der Waals surface area contributed by atoms with Crippen molar-refractivity contribution >= 4 is 12.3 Å². The molecule has 6 heteroatoms. The van der Waals surface area contributed by atoms with Gasteiger partial charge in [-0.25, -0.2) is 0 Å². The second-order valence-corrected chi connectivity index (χ2v) is 3.26. The SMILES string of the molecule is COC(=O)[C@@H](C=O)c1cccc(C(F)(F)F)c1. The monoisotopic (exact) mass is 246 g/mol. The fraction of sp³-hybridized carbons (Fsp3) is 0.273. The summed E-state index contributed by atoms with van der Waals surface area (Å²) in [6.45, 7) is 0. The Morgan fingerprint density at radius 2 is 2.06 bits per heavy atom. The number of carbonyl (C=O) groups is 2. The molecule has 0 radical (unpaired) electrons. The van der Waals surface area contributed by atoms with Crippen LogP contribution in [0.4, 0.5) is 13.2 Å². The van der Waals surface area contributed by atoms with E-state index in [1.165, 1.54) is 6.07 Å². The predicted molar refractivity (Wildman–Crippen MR) is 52.3 cm³/mol. The average Bonchev–Trinajstić information content (AvgIpc) is 2.29. The maximum atomic E-state index is 12.4. The van der Waals surface area contributed by atoms with Gasteiger partial charge in [-0.15, -0.1) is 0 Å². The number of hydrogen-bond donors (Lipinski definition) is 0. The number of esters is 1. The Labute approximate surface area is 95.2 Å². The van der Waals surface area contributed by atoms with Crippen molar-refractivity contribution in [3.8, 4) is 0 Å². The highest BCUT2D eigenvalue weighted by atomic mass is 19.4. The van der Waals surface area contributed by atoms with Gasteiger partial charge in [0.1, 0.15) is 12.2 Å². The molecule has 0 aliphatic heterocycles. The van der Waals surface area contributed by atoms with E-state index in [2.05, 4.69) is 4.74 Å². The van der Waals surface area contributed by atoms with Crippen molar-refractivity contribution in [3.63, 3.8) is 0 Å². The van der Waals surface area contributed by atoms with E-state index in [1.807, 2.05) is 0 Å². The molecule has 0 saturated carbocycles. The van der Waals surface area contributed by atoms with Crippen LogP contribution in [-0.2, 0) is 20.5 Å². The molecule has 0 saturated heterocycles. The molecule has 0 bridgehead atoms. The van der Waals surface area contributed by atoms with Crippen LogP contribution in [0, 0.1) is 0 Å². The first-order valence-electron chi connectivity index (χ1n) is 4.60. The van der Waals surface area contributed by atoms with Crippen LogP contribution in [0.3, 0.4) is 0 Å². The first-order valence-corrected chi connectivity index (χ1v) is 4.60. The molecule has 0 aliphatic rings. The zero-order chi connectivity index (χ0) is 13.1. The van der Waals surface area contributed by atoms with Crippen LogP contribution in [-0.4, -0.2) is 19.4 Å². The quantitative estimate of drug-likeness (QED) is 0.466. The van der Waals surface area contributed by atoms with Crippen molar-refractivity contribution in [2.45, 2.75) is 12.1 Å². The fourth-order valence-corrected chi connectivity index (χ4v) is 1.31. The van der Waals surface area contributed by atoms with Gasteiger partial charge in [-0.05, 0) is 11.6 Å². The number of aldehydes is 1. The summed E-state index contributed by atoms with van der Waals surface area (Å²) in [5, 5.41) is 0. The summed E-state index contributed by atoms with van der Waals surface area (Å²) in [5.74, 6) is -2.22. The van der Waals surface area contributed by atoms with Gasteiger partial charge >= 0.3 is 12.1 Å². The maximum Gasteiger partial charge on any atom is 0.416 e. The number of carbonyl (C=O) groups excluding carboxylic acids is 2. The average molecular weight is 246 g/mol. The molecule has 92 valence electrons. The van der Waals surface area contributed by atoms with Crippen LogP contribution in [0.25, 0.3) is 0 Å². The van der Waals surface area contributed by atoms with Crippen LogP contribution in [0.2, 0.25) is 0 Å². The molecule has 0 N–H and O–H groups in total. The molecule has 0 spiro atoms. The highest BCUT2D eigenvalue weighted by Gasteiger charge is 2.31. The molecule has 1 atom stereocenters. The molecular formula is C11H9F3O3. The van der Waals surface area contributed by atoms with E-state index in [0.717, 1.165) is 25.3 Å². The minimum Gasteiger partial charge on any atom is -0.468 e. The molecule has 3 nitrogen and oxygen atoms in total. The van der Waals surface area contributed by atoms with Gasteiger partial charge in [0.25, 0.3) is 0 Å². The Morgan fingerprint density at radius 1 is 1.41 bits per heavy atom. The van der Waals surface area contributed by atoms with Crippen molar-refractivity contribution < 1.29 is 27.5 Å². The van der Waals surface area contributed by atoms with E-state index in [9.17, 15) is 22.8 Å². The summed E-state index contributed by atoms with van der Waals surface area (Å²) >= 11 is 0. The standard InChI is InChI=1S/C11H9F3O3/c1-17-10(16)9(6-15)7-3-2-4-8(5-7)11(12,13)14/h2-6,9H,1H3/t9-/m0/s1. The number of alkyl halides is 3. The minimum atomic E-state index is -4.51. The Balaban J connectivity index is 3.14. The number of methoxy groups -OCH3 is 1. The van der Waals surface area contributed by atoms with Gasteiger partial charge in [0.15, 0.2) is 0 Å². The third-order valence-corrected chi connectivity index (χ3v) is 2.16. The van der Waals surface area contributed by atoms with Gasteiger partial charge in [-0.1, -0.05) is 18.2 Å². The summed E-state index contributed by atoms with van der Waals surface area (Å²) in [6, 6.07) is 4.03. The van der Waals surface area contributed by atoms with E-state index >= 15 is 0 Å². The zero-order valence-corrected chi connectivity index (χ0v) is 8.82. The topological polar surface area (TPSA) is 43.4 Å². The van der Waals surface area contributed by atoms with Crippen molar-refractivity contribution in [2.24, 2.45) is 0 Å². The molecule has 0 aromatic heterocycles.